The highest BCUT2D eigenvalue weighted by Gasteiger charge is 2.20. The molecule has 0 fully saturated rings. The van der Waals surface area contributed by atoms with Crippen molar-refractivity contribution in [2.24, 2.45) is 0 Å². The number of fused-ring (bicyclic) bond motifs is 2. The number of aryl methyl sites for hydroxylation is 1. The molecule has 0 aliphatic carbocycles. The molecule has 3 rings (SSSR count). The van der Waals surface area contributed by atoms with E-state index < -0.39 is 5.43 Å². The number of ether oxygens (including phenoxy) is 1. The number of phenols is 2. The minimum atomic E-state index is -0.568. The molecule has 0 unspecified atom stereocenters. The first-order chi connectivity index (χ1) is 9.95. The zero-order valence-electron chi connectivity index (χ0n) is 11.2. The van der Waals surface area contributed by atoms with Crippen LogP contribution in [0.3, 0.4) is 0 Å². The molecule has 0 saturated carbocycles. The van der Waals surface area contributed by atoms with E-state index in [-0.39, 0.29) is 38.5 Å². The van der Waals surface area contributed by atoms with Gasteiger partial charge in [-0.1, -0.05) is 11.6 Å². The Kier molecular flexibility index (Phi) is 2.95. The van der Waals surface area contributed by atoms with Crippen molar-refractivity contribution in [2.75, 3.05) is 7.11 Å². The van der Waals surface area contributed by atoms with Gasteiger partial charge >= 0.3 is 0 Å². The highest BCUT2D eigenvalue weighted by molar-refractivity contribution is 6.35. The molecule has 108 valence electrons. The third-order valence-corrected chi connectivity index (χ3v) is 3.65. The number of benzene rings is 2. The van der Waals surface area contributed by atoms with Crippen molar-refractivity contribution in [3.05, 3.63) is 39.0 Å². The first-order valence-corrected chi connectivity index (χ1v) is 6.48. The molecule has 3 aromatic rings. The van der Waals surface area contributed by atoms with Crippen molar-refractivity contribution in [3.63, 3.8) is 0 Å². The van der Waals surface area contributed by atoms with Crippen molar-refractivity contribution < 1.29 is 19.4 Å². The van der Waals surface area contributed by atoms with Gasteiger partial charge in [-0.2, -0.15) is 0 Å². The molecule has 2 N–H and O–H groups in total. The predicted molar refractivity (Wildman–Crippen MR) is 79.6 cm³/mol. The summed E-state index contributed by atoms with van der Waals surface area (Å²) in [5.74, 6) is -0.163. The van der Waals surface area contributed by atoms with Crippen LogP contribution in [0.25, 0.3) is 21.9 Å². The maximum absolute atomic E-state index is 12.6. The second kappa shape index (κ2) is 4.56. The van der Waals surface area contributed by atoms with Gasteiger partial charge in [-0.3, -0.25) is 4.79 Å². The summed E-state index contributed by atoms with van der Waals surface area (Å²) in [7, 11) is 1.44. The topological polar surface area (TPSA) is 79.9 Å². The lowest BCUT2D eigenvalue weighted by Crippen LogP contribution is -2.04. The Bertz CT molecular complexity index is 943. The SMILES string of the molecule is COc1c(C)cc(O)c2c(=O)c3c(O)ccc(Cl)c3oc12. The van der Waals surface area contributed by atoms with Crippen LogP contribution in [0.4, 0.5) is 0 Å². The molecule has 0 amide bonds. The zero-order chi connectivity index (χ0) is 15.3. The standard InChI is InChI=1S/C15H11ClO5/c1-6-5-9(18)11-12(19)10-8(17)4-3-7(16)14(10)21-15(11)13(6)20-2/h3-5,17-18H,1-2H3. The van der Waals surface area contributed by atoms with Gasteiger partial charge in [0.05, 0.1) is 12.1 Å². The fraction of sp³-hybridized carbons (Fsp3) is 0.133. The second-order valence-electron chi connectivity index (χ2n) is 4.65. The normalized spacial score (nSPS) is 11.2. The lowest BCUT2D eigenvalue weighted by Gasteiger charge is -2.11. The van der Waals surface area contributed by atoms with Crippen LogP contribution in [0.1, 0.15) is 5.56 Å². The van der Waals surface area contributed by atoms with E-state index in [0.29, 0.717) is 11.3 Å². The van der Waals surface area contributed by atoms with Gasteiger partial charge in [-0.25, -0.2) is 0 Å². The quantitative estimate of drug-likeness (QED) is 0.674. The first kappa shape index (κ1) is 13.6. The van der Waals surface area contributed by atoms with Gasteiger partial charge in [0.1, 0.15) is 22.3 Å². The summed E-state index contributed by atoms with van der Waals surface area (Å²) >= 11 is 6.03. The van der Waals surface area contributed by atoms with Gasteiger partial charge in [0, 0.05) is 0 Å². The van der Waals surface area contributed by atoms with Crippen molar-refractivity contribution >= 4 is 33.5 Å². The van der Waals surface area contributed by atoms with E-state index >= 15 is 0 Å². The molecule has 0 atom stereocenters. The number of rotatable bonds is 1. The lowest BCUT2D eigenvalue weighted by molar-refractivity contribution is 0.406. The molecule has 5 nitrogen and oxygen atoms in total. The average molecular weight is 307 g/mol. The van der Waals surface area contributed by atoms with E-state index in [1.54, 1.807) is 6.92 Å². The fourth-order valence-electron chi connectivity index (χ4n) is 2.42. The van der Waals surface area contributed by atoms with Gasteiger partial charge in [0.2, 0.25) is 5.43 Å². The third-order valence-electron chi connectivity index (χ3n) is 3.35. The van der Waals surface area contributed by atoms with Gasteiger partial charge in [-0.05, 0) is 30.7 Å². The van der Waals surface area contributed by atoms with Crippen molar-refractivity contribution in [2.45, 2.75) is 6.92 Å². The summed E-state index contributed by atoms with van der Waals surface area (Å²) < 4.78 is 10.9. The average Bonchev–Trinajstić information content (AvgIpc) is 2.42. The van der Waals surface area contributed by atoms with E-state index in [0.717, 1.165) is 0 Å². The Labute approximate surface area is 123 Å². The number of hydrogen-bond acceptors (Lipinski definition) is 5. The van der Waals surface area contributed by atoms with E-state index in [9.17, 15) is 15.0 Å². The zero-order valence-corrected chi connectivity index (χ0v) is 12.0. The molecular formula is C15H11ClO5. The van der Waals surface area contributed by atoms with Crippen LogP contribution in [-0.4, -0.2) is 17.3 Å². The van der Waals surface area contributed by atoms with E-state index in [2.05, 4.69) is 0 Å². The molecule has 21 heavy (non-hydrogen) atoms. The second-order valence-corrected chi connectivity index (χ2v) is 5.06. The monoisotopic (exact) mass is 306 g/mol. The van der Waals surface area contributed by atoms with E-state index in [1.807, 2.05) is 0 Å². The van der Waals surface area contributed by atoms with Gasteiger partial charge < -0.3 is 19.4 Å². The van der Waals surface area contributed by atoms with Crippen LogP contribution in [-0.2, 0) is 0 Å². The summed E-state index contributed by atoms with van der Waals surface area (Å²) in [5.41, 5.74) is 0.195. The van der Waals surface area contributed by atoms with Gasteiger partial charge in [0.25, 0.3) is 0 Å². The molecule has 1 heterocycles. The molecule has 0 bridgehead atoms. The number of methoxy groups -OCH3 is 1. The highest BCUT2D eigenvalue weighted by atomic mass is 35.5. The van der Waals surface area contributed by atoms with Gasteiger partial charge in [-0.15, -0.1) is 0 Å². The van der Waals surface area contributed by atoms with Crippen molar-refractivity contribution in [1.29, 1.82) is 0 Å². The molecule has 0 aliphatic rings. The molecule has 0 radical (unpaired) electrons. The van der Waals surface area contributed by atoms with Gasteiger partial charge in [0.15, 0.2) is 16.9 Å². The Morgan fingerprint density at radius 1 is 1.14 bits per heavy atom. The first-order valence-electron chi connectivity index (χ1n) is 6.10. The maximum Gasteiger partial charge on any atom is 0.208 e. The van der Waals surface area contributed by atoms with Crippen LogP contribution in [0, 0.1) is 6.92 Å². The van der Waals surface area contributed by atoms with Crippen LogP contribution in [0.5, 0.6) is 17.2 Å². The summed E-state index contributed by atoms with van der Waals surface area (Å²) in [6.07, 6.45) is 0. The molecule has 0 saturated heterocycles. The summed E-state index contributed by atoms with van der Waals surface area (Å²) in [4.78, 5) is 12.6. The molecule has 0 aliphatic heterocycles. The molecule has 2 aromatic carbocycles. The number of phenolic OH excluding ortho intramolecular Hbond substituents is 2. The molecule has 0 spiro atoms. The van der Waals surface area contributed by atoms with Crippen LogP contribution in [0.15, 0.2) is 27.4 Å². The Hall–Kier alpha value is -2.40. The smallest absolute Gasteiger partial charge is 0.208 e. The maximum atomic E-state index is 12.6. The van der Waals surface area contributed by atoms with Crippen molar-refractivity contribution in [3.8, 4) is 17.2 Å². The van der Waals surface area contributed by atoms with Crippen LogP contribution < -0.4 is 10.2 Å². The number of hydrogen-bond donors (Lipinski definition) is 2. The summed E-state index contributed by atoms with van der Waals surface area (Å²) in [6, 6.07) is 4.14. The van der Waals surface area contributed by atoms with Crippen LogP contribution in [0.2, 0.25) is 5.02 Å². The largest absolute Gasteiger partial charge is 0.507 e. The Morgan fingerprint density at radius 3 is 2.48 bits per heavy atom. The highest BCUT2D eigenvalue weighted by Crippen LogP contribution is 2.38. The Morgan fingerprint density at radius 2 is 1.81 bits per heavy atom. The minimum Gasteiger partial charge on any atom is -0.507 e. The summed E-state index contributed by atoms with van der Waals surface area (Å²) in [5, 5.41) is 20.0. The fourth-order valence-corrected chi connectivity index (χ4v) is 2.61. The number of halogens is 1. The van der Waals surface area contributed by atoms with E-state index in [4.69, 9.17) is 20.8 Å². The summed E-state index contributed by atoms with van der Waals surface area (Å²) in [6.45, 7) is 1.71. The predicted octanol–water partition coefficient (Wildman–Crippen LogP) is 3.33. The number of aromatic hydroxyl groups is 2. The molecule has 6 heteroatoms. The Balaban J connectivity index is 2.70. The molecule has 1 aromatic heterocycles. The molecular weight excluding hydrogens is 296 g/mol. The third kappa shape index (κ3) is 1.81. The minimum absolute atomic E-state index is 0.0532. The van der Waals surface area contributed by atoms with Crippen molar-refractivity contribution in [1.82, 2.24) is 0 Å². The lowest BCUT2D eigenvalue weighted by atomic mass is 10.1. The van der Waals surface area contributed by atoms with E-state index in [1.165, 1.54) is 25.3 Å². The van der Waals surface area contributed by atoms with Crippen LogP contribution >= 0.6 is 11.6 Å².